The Morgan fingerprint density at radius 1 is 0.600 bits per heavy atom. The highest BCUT2D eigenvalue weighted by Crippen LogP contribution is 2.37. The molecule has 0 unspecified atom stereocenters. The summed E-state index contributed by atoms with van der Waals surface area (Å²) in [7, 11) is 0. The van der Waals surface area contributed by atoms with Crippen LogP contribution in [0.3, 0.4) is 0 Å². The Kier molecular flexibility index (Phi) is 2.54. The highest BCUT2D eigenvalue weighted by atomic mass is 79.9. The van der Waals surface area contributed by atoms with Crippen LogP contribution in [-0.4, -0.2) is 0 Å². The third kappa shape index (κ3) is 1.52. The molecule has 0 atom stereocenters. The van der Waals surface area contributed by atoms with Crippen LogP contribution >= 0.6 is 15.9 Å². The molecule has 96 valence electrons. The van der Waals surface area contributed by atoms with Crippen LogP contribution in [0.1, 0.15) is 0 Å². The second-order valence-electron chi connectivity index (χ2n) is 4.88. The van der Waals surface area contributed by atoms with Gasteiger partial charge in [0, 0.05) is 5.39 Å². The SMILES string of the molecule is Fc1c(Br)ccc2c3ccccc3c3ccccc3c12. The summed E-state index contributed by atoms with van der Waals surface area (Å²) in [4.78, 5) is 0. The van der Waals surface area contributed by atoms with Gasteiger partial charge < -0.3 is 0 Å². The van der Waals surface area contributed by atoms with Crippen molar-refractivity contribution in [3.63, 3.8) is 0 Å². The molecule has 0 aromatic heterocycles. The molecule has 4 aromatic carbocycles. The van der Waals surface area contributed by atoms with Gasteiger partial charge >= 0.3 is 0 Å². The summed E-state index contributed by atoms with van der Waals surface area (Å²) in [5, 5.41) is 5.95. The molecular weight excluding hydrogens is 315 g/mol. The predicted octanol–water partition coefficient (Wildman–Crippen LogP) is 6.05. The molecule has 0 saturated carbocycles. The molecule has 0 spiro atoms. The molecule has 0 aliphatic heterocycles. The Morgan fingerprint density at radius 2 is 1.05 bits per heavy atom. The lowest BCUT2D eigenvalue weighted by atomic mass is 9.94. The van der Waals surface area contributed by atoms with E-state index in [2.05, 4.69) is 34.1 Å². The molecule has 0 saturated heterocycles. The molecule has 0 nitrogen and oxygen atoms in total. The van der Waals surface area contributed by atoms with E-state index >= 15 is 0 Å². The van der Waals surface area contributed by atoms with Gasteiger partial charge in [0.15, 0.2) is 0 Å². The molecule has 0 bridgehead atoms. The maximum Gasteiger partial charge on any atom is 0.145 e. The molecule has 0 aliphatic rings. The molecule has 0 radical (unpaired) electrons. The Morgan fingerprint density at radius 3 is 1.65 bits per heavy atom. The van der Waals surface area contributed by atoms with E-state index in [-0.39, 0.29) is 5.82 Å². The molecular formula is C18H10BrF. The van der Waals surface area contributed by atoms with Crippen molar-refractivity contribution in [3.05, 3.63) is 71.0 Å². The van der Waals surface area contributed by atoms with Crippen LogP contribution in [0.15, 0.2) is 65.1 Å². The van der Waals surface area contributed by atoms with Crippen LogP contribution in [0.2, 0.25) is 0 Å². The number of benzene rings is 4. The topological polar surface area (TPSA) is 0 Å². The second-order valence-corrected chi connectivity index (χ2v) is 5.73. The average Bonchev–Trinajstić information content (AvgIpc) is 2.50. The zero-order valence-electron chi connectivity index (χ0n) is 10.5. The highest BCUT2D eigenvalue weighted by molar-refractivity contribution is 9.10. The maximum atomic E-state index is 14.6. The lowest BCUT2D eigenvalue weighted by molar-refractivity contribution is 0.634. The van der Waals surface area contributed by atoms with Crippen molar-refractivity contribution in [1.29, 1.82) is 0 Å². The van der Waals surface area contributed by atoms with Crippen molar-refractivity contribution in [1.82, 2.24) is 0 Å². The summed E-state index contributed by atoms with van der Waals surface area (Å²) in [5.74, 6) is -0.190. The zero-order valence-corrected chi connectivity index (χ0v) is 12.1. The largest absolute Gasteiger partial charge is 0.205 e. The minimum Gasteiger partial charge on any atom is -0.205 e. The smallest absolute Gasteiger partial charge is 0.145 e. The summed E-state index contributed by atoms with van der Waals surface area (Å²) in [6.07, 6.45) is 0. The van der Waals surface area contributed by atoms with E-state index in [4.69, 9.17) is 0 Å². The maximum absolute atomic E-state index is 14.6. The van der Waals surface area contributed by atoms with E-state index in [1.54, 1.807) is 6.07 Å². The van der Waals surface area contributed by atoms with Crippen LogP contribution in [0, 0.1) is 5.82 Å². The Labute approximate surface area is 124 Å². The summed E-state index contributed by atoms with van der Waals surface area (Å²) >= 11 is 3.29. The van der Waals surface area contributed by atoms with Crippen molar-refractivity contribution >= 4 is 48.2 Å². The normalized spacial score (nSPS) is 11.5. The van der Waals surface area contributed by atoms with Crippen LogP contribution in [-0.2, 0) is 0 Å². The standard InChI is InChI=1S/C18H10BrF/c19-16-10-9-15-13-7-2-1-5-11(13)12-6-3-4-8-14(12)17(15)18(16)20/h1-10H. The Balaban J connectivity index is 2.46. The van der Waals surface area contributed by atoms with E-state index in [0.717, 1.165) is 26.9 Å². The summed E-state index contributed by atoms with van der Waals surface area (Å²) in [5.41, 5.74) is 0. The van der Waals surface area contributed by atoms with Gasteiger partial charge in [-0.3, -0.25) is 0 Å². The zero-order chi connectivity index (χ0) is 13.7. The summed E-state index contributed by atoms with van der Waals surface area (Å²) < 4.78 is 15.1. The van der Waals surface area contributed by atoms with Gasteiger partial charge in [0.25, 0.3) is 0 Å². The van der Waals surface area contributed by atoms with Gasteiger partial charge in [0.05, 0.1) is 4.47 Å². The monoisotopic (exact) mass is 324 g/mol. The van der Waals surface area contributed by atoms with E-state index in [0.29, 0.717) is 9.86 Å². The summed E-state index contributed by atoms with van der Waals surface area (Å²) in [6.45, 7) is 0. The van der Waals surface area contributed by atoms with Gasteiger partial charge in [-0.1, -0.05) is 54.6 Å². The van der Waals surface area contributed by atoms with Gasteiger partial charge in [-0.05, 0) is 48.9 Å². The fourth-order valence-electron chi connectivity index (χ4n) is 2.93. The molecule has 2 heteroatoms. The molecule has 4 aromatic rings. The van der Waals surface area contributed by atoms with E-state index in [9.17, 15) is 4.39 Å². The van der Waals surface area contributed by atoms with Crippen molar-refractivity contribution in [2.75, 3.05) is 0 Å². The molecule has 0 amide bonds. The van der Waals surface area contributed by atoms with Crippen LogP contribution in [0.5, 0.6) is 0 Å². The molecule has 4 rings (SSSR count). The van der Waals surface area contributed by atoms with Crippen molar-refractivity contribution < 1.29 is 4.39 Å². The summed E-state index contributed by atoms with van der Waals surface area (Å²) in [6, 6.07) is 19.9. The van der Waals surface area contributed by atoms with Crippen molar-refractivity contribution in [2.45, 2.75) is 0 Å². The van der Waals surface area contributed by atoms with Crippen LogP contribution in [0.25, 0.3) is 32.3 Å². The minimum atomic E-state index is -0.190. The van der Waals surface area contributed by atoms with Crippen LogP contribution in [0.4, 0.5) is 4.39 Å². The van der Waals surface area contributed by atoms with Crippen molar-refractivity contribution in [2.24, 2.45) is 0 Å². The fraction of sp³-hybridized carbons (Fsp3) is 0. The first-order valence-electron chi connectivity index (χ1n) is 6.44. The van der Waals surface area contributed by atoms with Crippen molar-refractivity contribution in [3.8, 4) is 0 Å². The van der Waals surface area contributed by atoms with Gasteiger partial charge in [0.2, 0.25) is 0 Å². The van der Waals surface area contributed by atoms with Gasteiger partial charge in [-0.2, -0.15) is 0 Å². The quantitative estimate of drug-likeness (QED) is 0.345. The fourth-order valence-corrected chi connectivity index (χ4v) is 3.26. The first-order valence-corrected chi connectivity index (χ1v) is 7.24. The average molecular weight is 325 g/mol. The van der Waals surface area contributed by atoms with Gasteiger partial charge in [-0.25, -0.2) is 4.39 Å². The number of hydrogen-bond acceptors (Lipinski definition) is 0. The minimum absolute atomic E-state index is 0.190. The number of fused-ring (bicyclic) bond motifs is 6. The number of hydrogen-bond donors (Lipinski definition) is 0. The molecule has 0 heterocycles. The molecule has 0 fully saturated rings. The molecule has 20 heavy (non-hydrogen) atoms. The first-order chi connectivity index (χ1) is 9.77. The van der Waals surface area contributed by atoms with E-state index in [1.807, 2.05) is 36.4 Å². The highest BCUT2D eigenvalue weighted by Gasteiger charge is 2.13. The molecule has 0 N–H and O–H groups in total. The van der Waals surface area contributed by atoms with E-state index in [1.165, 1.54) is 0 Å². The van der Waals surface area contributed by atoms with Crippen LogP contribution < -0.4 is 0 Å². The third-order valence-electron chi connectivity index (χ3n) is 3.80. The third-order valence-corrected chi connectivity index (χ3v) is 4.41. The first kappa shape index (κ1) is 11.9. The van der Waals surface area contributed by atoms with Gasteiger partial charge in [0.1, 0.15) is 5.82 Å². The number of halogens is 2. The second kappa shape index (κ2) is 4.29. The Hall–Kier alpha value is -1.93. The lowest BCUT2D eigenvalue weighted by Crippen LogP contribution is -1.87. The Bertz CT molecular complexity index is 938. The molecule has 0 aliphatic carbocycles. The lowest BCUT2D eigenvalue weighted by Gasteiger charge is -2.11. The van der Waals surface area contributed by atoms with E-state index < -0.39 is 0 Å². The predicted molar refractivity (Wildman–Crippen MR) is 86.6 cm³/mol. The van der Waals surface area contributed by atoms with Gasteiger partial charge in [-0.15, -0.1) is 0 Å². The number of rotatable bonds is 0.